The quantitative estimate of drug-likeness (QED) is 0.500. The predicted octanol–water partition coefficient (Wildman–Crippen LogP) is 2.33. The molecule has 8 nitrogen and oxygen atoms in total. The van der Waals surface area contributed by atoms with E-state index in [1.165, 1.54) is 18.3 Å². The van der Waals surface area contributed by atoms with Crippen molar-refractivity contribution in [3.8, 4) is 5.75 Å². The van der Waals surface area contributed by atoms with E-state index in [2.05, 4.69) is 10.5 Å². The van der Waals surface area contributed by atoms with Crippen LogP contribution in [0.4, 0.5) is 5.88 Å². The zero-order chi connectivity index (χ0) is 16.8. The van der Waals surface area contributed by atoms with Crippen LogP contribution in [-0.4, -0.2) is 23.7 Å². The van der Waals surface area contributed by atoms with Crippen LogP contribution in [0.3, 0.4) is 0 Å². The summed E-state index contributed by atoms with van der Waals surface area (Å²) in [7, 11) is 0. The number of aryl methyl sites for hydroxylation is 2. The number of carbonyl (C=O) groups is 1. The lowest BCUT2D eigenvalue weighted by molar-refractivity contribution is -0.402. The van der Waals surface area contributed by atoms with Crippen LogP contribution in [0.5, 0.6) is 5.75 Å². The van der Waals surface area contributed by atoms with E-state index in [1.54, 1.807) is 6.07 Å². The number of nitrogens with zero attached hydrogens (tertiary/aromatic N) is 2. The number of rotatable bonds is 6. The van der Waals surface area contributed by atoms with Crippen LogP contribution in [0.15, 0.2) is 39.9 Å². The van der Waals surface area contributed by atoms with Gasteiger partial charge in [0.05, 0.1) is 12.3 Å². The molecule has 1 amide bonds. The average molecular weight is 317 g/mol. The molecule has 0 unspecified atom stereocenters. The second-order valence-corrected chi connectivity index (χ2v) is 4.76. The first-order valence-corrected chi connectivity index (χ1v) is 6.72. The fourth-order valence-electron chi connectivity index (χ4n) is 1.66. The Balaban J connectivity index is 1.81. The predicted molar refractivity (Wildman–Crippen MR) is 82.5 cm³/mol. The van der Waals surface area contributed by atoms with E-state index in [9.17, 15) is 14.9 Å². The zero-order valence-corrected chi connectivity index (χ0v) is 12.6. The second-order valence-electron chi connectivity index (χ2n) is 4.76. The standard InChI is InChI=1S/C15H15N3O5/c1-10-3-4-12(7-11(10)2)22-9-14(19)17-16-8-13-5-6-15(23-13)18(20)21/h3-8H,9H2,1-2H3,(H,17,19). The smallest absolute Gasteiger partial charge is 0.433 e. The van der Waals surface area contributed by atoms with Gasteiger partial charge in [0.1, 0.15) is 10.7 Å². The van der Waals surface area contributed by atoms with Gasteiger partial charge in [0, 0.05) is 0 Å². The number of hydrogen-bond donors (Lipinski definition) is 1. The van der Waals surface area contributed by atoms with Crippen LogP contribution in [-0.2, 0) is 4.79 Å². The number of nitro groups is 1. The molecule has 0 radical (unpaired) electrons. The molecule has 0 aliphatic heterocycles. The van der Waals surface area contributed by atoms with E-state index < -0.39 is 16.7 Å². The maximum Gasteiger partial charge on any atom is 0.433 e. The summed E-state index contributed by atoms with van der Waals surface area (Å²) in [5, 5.41) is 14.1. The van der Waals surface area contributed by atoms with Gasteiger partial charge >= 0.3 is 5.88 Å². The largest absolute Gasteiger partial charge is 0.484 e. The van der Waals surface area contributed by atoms with E-state index in [-0.39, 0.29) is 12.4 Å². The highest BCUT2D eigenvalue weighted by Gasteiger charge is 2.10. The Labute approximate surface area is 131 Å². The van der Waals surface area contributed by atoms with E-state index in [0.29, 0.717) is 5.75 Å². The summed E-state index contributed by atoms with van der Waals surface area (Å²) in [5.74, 6) is -0.0997. The number of ether oxygens (including phenoxy) is 1. The molecule has 0 saturated heterocycles. The molecule has 8 heteroatoms. The number of amides is 1. The molecule has 0 fully saturated rings. The number of hydrogen-bond acceptors (Lipinski definition) is 6. The molecule has 0 atom stereocenters. The van der Waals surface area contributed by atoms with Gasteiger partial charge in [0.15, 0.2) is 12.4 Å². The number of furan rings is 1. The summed E-state index contributed by atoms with van der Waals surface area (Å²) in [6, 6.07) is 8.10. The first kappa shape index (κ1) is 16.2. The SMILES string of the molecule is Cc1ccc(OCC(=O)NN=Cc2ccc([N+](=O)[O-])o2)cc1C. The van der Waals surface area contributed by atoms with Gasteiger partial charge in [0.25, 0.3) is 5.91 Å². The molecule has 0 saturated carbocycles. The van der Waals surface area contributed by atoms with Crippen molar-refractivity contribution in [2.45, 2.75) is 13.8 Å². The number of hydrazone groups is 1. The molecule has 1 aromatic heterocycles. The molecule has 0 bridgehead atoms. The van der Waals surface area contributed by atoms with Gasteiger partial charge in [-0.3, -0.25) is 14.9 Å². The molecule has 0 spiro atoms. The highest BCUT2D eigenvalue weighted by Crippen LogP contribution is 2.16. The molecule has 1 aromatic carbocycles. The molecule has 1 heterocycles. The molecule has 23 heavy (non-hydrogen) atoms. The molecular weight excluding hydrogens is 302 g/mol. The van der Waals surface area contributed by atoms with Gasteiger partial charge in [-0.25, -0.2) is 5.43 Å². The van der Waals surface area contributed by atoms with Crippen molar-refractivity contribution in [1.82, 2.24) is 5.43 Å². The van der Waals surface area contributed by atoms with Crippen LogP contribution >= 0.6 is 0 Å². The Morgan fingerprint density at radius 1 is 1.35 bits per heavy atom. The van der Waals surface area contributed by atoms with Gasteiger partial charge in [-0.2, -0.15) is 5.10 Å². The van der Waals surface area contributed by atoms with Crippen molar-refractivity contribution in [2.75, 3.05) is 6.61 Å². The molecule has 0 aliphatic carbocycles. The minimum atomic E-state index is -0.659. The lowest BCUT2D eigenvalue weighted by Crippen LogP contribution is -2.24. The van der Waals surface area contributed by atoms with Gasteiger partial charge < -0.3 is 9.15 Å². The van der Waals surface area contributed by atoms with Gasteiger partial charge in [-0.15, -0.1) is 0 Å². The van der Waals surface area contributed by atoms with E-state index in [1.807, 2.05) is 26.0 Å². The minimum absolute atomic E-state index is 0.159. The minimum Gasteiger partial charge on any atom is -0.484 e. The van der Waals surface area contributed by atoms with Crippen molar-refractivity contribution in [1.29, 1.82) is 0 Å². The Hall–Kier alpha value is -3.16. The highest BCUT2D eigenvalue weighted by molar-refractivity contribution is 5.81. The molecule has 120 valence electrons. The van der Waals surface area contributed by atoms with E-state index in [4.69, 9.17) is 9.15 Å². The van der Waals surface area contributed by atoms with Gasteiger partial charge in [-0.05, 0) is 43.2 Å². The number of benzene rings is 1. The molecular formula is C15H15N3O5. The van der Waals surface area contributed by atoms with Gasteiger partial charge in [-0.1, -0.05) is 6.07 Å². The lowest BCUT2D eigenvalue weighted by atomic mass is 10.1. The van der Waals surface area contributed by atoms with Crippen LogP contribution < -0.4 is 10.2 Å². The number of nitrogens with one attached hydrogen (secondary N) is 1. The summed E-state index contributed by atoms with van der Waals surface area (Å²) < 4.78 is 10.2. The Bertz CT molecular complexity index is 751. The normalized spacial score (nSPS) is 10.7. The molecule has 2 aromatic rings. The maximum absolute atomic E-state index is 11.6. The summed E-state index contributed by atoms with van der Waals surface area (Å²) in [6.07, 6.45) is 1.17. The van der Waals surface area contributed by atoms with Crippen LogP contribution in [0.25, 0.3) is 0 Å². The number of carbonyl (C=O) groups excluding carboxylic acids is 1. The third kappa shape index (κ3) is 4.67. The Morgan fingerprint density at radius 2 is 2.13 bits per heavy atom. The second kappa shape index (κ2) is 7.21. The molecule has 1 N–H and O–H groups in total. The third-order valence-corrected chi connectivity index (χ3v) is 3.02. The van der Waals surface area contributed by atoms with Crippen LogP contribution in [0.2, 0.25) is 0 Å². The lowest BCUT2D eigenvalue weighted by Gasteiger charge is -2.07. The third-order valence-electron chi connectivity index (χ3n) is 3.02. The Kier molecular flexibility index (Phi) is 5.08. The van der Waals surface area contributed by atoms with Crippen molar-refractivity contribution in [3.63, 3.8) is 0 Å². The molecule has 2 rings (SSSR count). The summed E-state index contributed by atoms with van der Waals surface area (Å²) in [5.41, 5.74) is 4.45. The highest BCUT2D eigenvalue weighted by atomic mass is 16.6. The fourth-order valence-corrected chi connectivity index (χ4v) is 1.66. The Morgan fingerprint density at radius 3 is 2.78 bits per heavy atom. The van der Waals surface area contributed by atoms with Crippen LogP contribution in [0, 0.1) is 24.0 Å². The van der Waals surface area contributed by atoms with Crippen LogP contribution in [0.1, 0.15) is 16.9 Å². The monoisotopic (exact) mass is 317 g/mol. The average Bonchev–Trinajstić information content (AvgIpc) is 2.97. The molecule has 0 aliphatic rings. The van der Waals surface area contributed by atoms with E-state index >= 15 is 0 Å². The summed E-state index contributed by atoms with van der Waals surface area (Å²) in [4.78, 5) is 21.4. The summed E-state index contributed by atoms with van der Waals surface area (Å²) in [6.45, 7) is 3.74. The zero-order valence-electron chi connectivity index (χ0n) is 12.6. The topological polar surface area (TPSA) is 107 Å². The summed E-state index contributed by atoms with van der Waals surface area (Å²) >= 11 is 0. The van der Waals surface area contributed by atoms with Crippen molar-refractivity contribution in [2.24, 2.45) is 5.10 Å². The van der Waals surface area contributed by atoms with E-state index in [0.717, 1.165) is 11.1 Å². The fraction of sp³-hybridized carbons (Fsp3) is 0.200. The van der Waals surface area contributed by atoms with Crippen molar-refractivity contribution < 1.29 is 18.9 Å². The van der Waals surface area contributed by atoms with Crippen molar-refractivity contribution >= 4 is 18.0 Å². The van der Waals surface area contributed by atoms with Crippen molar-refractivity contribution in [3.05, 3.63) is 57.3 Å². The maximum atomic E-state index is 11.6. The first-order valence-electron chi connectivity index (χ1n) is 6.72. The van der Waals surface area contributed by atoms with Gasteiger partial charge in [0.2, 0.25) is 0 Å². The first-order chi connectivity index (χ1) is 11.0.